The predicted octanol–water partition coefficient (Wildman–Crippen LogP) is 0.375. The third kappa shape index (κ3) is 1.73. The molecule has 62 valence electrons. The number of hydrogen-bond donors (Lipinski definition) is 0. The number of nitrogens with zero attached hydrogens (tertiary/aromatic N) is 1. The molecule has 1 rings (SSSR count). The third-order valence-electron chi connectivity index (χ3n) is 1.95. The summed E-state index contributed by atoms with van der Waals surface area (Å²) < 4.78 is 13.2. The van der Waals surface area contributed by atoms with Crippen LogP contribution in [0.3, 0.4) is 0 Å². The third-order valence-corrected chi connectivity index (χ3v) is 5.09. The van der Waals surface area contributed by atoms with Crippen LogP contribution in [-0.4, -0.2) is 27.4 Å². The van der Waals surface area contributed by atoms with E-state index in [1.54, 1.807) is 11.4 Å². The lowest BCUT2D eigenvalue weighted by molar-refractivity contribution is 0.414. The monoisotopic (exact) mass is 189 g/mol. The maximum absolute atomic E-state index is 11.6. The van der Waals surface area contributed by atoms with Gasteiger partial charge in [-0.3, -0.25) is 0 Å². The molecule has 1 heterocycles. The molecule has 0 bridgehead atoms. The lowest BCUT2D eigenvalue weighted by Gasteiger charge is -2.30. The summed E-state index contributed by atoms with van der Waals surface area (Å²) in [4.78, 5) is 0. The summed E-state index contributed by atoms with van der Waals surface area (Å²) in [5, 5.41) is 0. The van der Waals surface area contributed by atoms with Crippen molar-refractivity contribution in [1.29, 1.82) is 0 Å². The van der Waals surface area contributed by atoms with Gasteiger partial charge in [0.15, 0.2) is 0 Å². The van der Waals surface area contributed by atoms with Gasteiger partial charge < -0.3 is 0 Å². The van der Waals surface area contributed by atoms with Crippen LogP contribution in [0.4, 0.5) is 0 Å². The minimum absolute atomic E-state index is 0.0197. The van der Waals surface area contributed by atoms with Crippen LogP contribution in [0.1, 0.15) is 12.8 Å². The van der Waals surface area contributed by atoms with Gasteiger partial charge in [0.05, 0.1) is 14.7 Å². The highest BCUT2D eigenvalue weighted by atomic mass is 32.8. The smallest absolute Gasteiger partial charge is 0.0931 e. The van der Waals surface area contributed by atoms with Crippen molar-refractivity contribution in [3.8, 4) is 12.3 Å². The predicted molar refractivity (Wildman–Crippen MR) is 50.0 cm³/mol. The van der Waals surface area contributed by atoms with Crippen molar-refractivity contribution >= 4 is 19.9 Å². The minimum Gasteiger partial charge on any atom is -0.241 e. The molecule has 0 radical (unpaired) electrons. The standard InChI is InChI=1S/C7H11NOS2/c1-3-7-5-4-6-11(9,10)8(7)2/h1,7H,4-6H2,2H3. The molecule has 4 heteroatoms. The van der Waals surface area contributed by atoms with E-state index in [0.29, 0.717) is 5.75 Å². The van der Waals surface area contributed by atoms with Crippen molar-refractivity contribution in [3.63, 3.8) is 0 Å². The summed E-state index contributed by atoms with van der Waals surface area (Å²) in [6.07, 6.45) is 7.06. The van der Waals surface area contributed by atoms with Gasteiger partial charge in [0.25, 0.3) is 0 Å². The second-order valence-corrected chi connectivity index (χ2v) is 6.37. The van der Waals surface area contributed by atoms with E-state index in [-0.39, 0.29) is 6.04 Å². The van der Waals surface area contributed by atoms with Crippen LogP contribution in [0.2, 0.25) is 0 Å². The van der Waals surface area contributed by atoms with Crippen LogP contribution in [0.25, 0.3) is 0 Å². The number of hydrogen-bond acceptors (Lipinski definition) is 2. The second-order valence-electron chi connectivity index (χ2n) is 2.66. The van der Waals surface area contributed by atoms with Crippen LogP contribution in [0.5, 0.6) is 0 Å². The molecule has 2 unspecified atom stereocenters. The fraction of sp³-hybridized carbons (Fsp3) is 0.714. The molecular weight excluding hydrogens is 178 g/mol. The molecule has 0 aromatic rings. The molecule has 0 aliphatic carbocycles. The molecule has 0 aromatic carbocycles. The van der Waals surface area contributed by atoms with E-state index >= 15 is 0 Å². The Morgan fingerprint density at radius 1 is 1.82 bits per heavy atom. The Bertz CT molecular complexity index is 275. The van der Waals surface area contributed by atoms with Gasteiger partial charge in [0, 0.05) is 12.8 Å². The van der Waals surface area contributed by atoms with Crippen molar-refractivity contribution in [2.75, 3.05) is 12.8 Å². The summed E-state index contributed by atoms with van der Waals surface area (Å²) >= 11 is 4.92. The molecule has 0 amide bonds. The fourth-order valence-corrected chi connectivity index (χ4v) is 3.21. The lowest BCUT2D eigenvalue weighted by Crippen LogP contribution is -2.41. The first-order valence-corrected chi connectivity index (χ1v) is 6.10. The van der Waals surface area contributed by atoms with E-state index in [4.69, 9.17) is 17.6 Å². The van der Waals surface area contributed by atoms with Gasteiger partial charge in [0.1, 0.15) is 0 Å². The summed E-state index contributed by atoms with van der Waals surface area (Å²) in [7, 11) is -0.450. The summed E-state index contributed by atoms with van der Waals surface area (Å²) in [5.41, 5.74) is 0. The average molecular weight is 189 g/mol. The van der Waals surface area contributed by atoms with E-state index in [2.05, 4.69) is 5.92 Å². The zero-order valence-corrected chi connectivity index (χ0v) is 8.08. The van der Waals surface area contributed by atoms with Gasteiger partial charge in [-0.1, -0.05) is 5.92 Å². The molecule has 1 fully saturated rings. The molecule has 2 atom stereocenters. The van der Waals surface area contributed by atoms with E-state index in [1.165, 1.54) is 0 Å². The molecule has 0 saturated carbocycles. The van der Waals surface area contributed by atoms with Crippen molar-refractivity contribution in [1.82, 2.24) is 4.31 Å². The van der Waals surface area contributed by atoms with Gasteiger partial charge >= 0.3 is 0 Å². The van der Waals surface area contributed by atoms with Crippen LogP contribution in [0.15, 0.2) is 0 Å². The Balaban J connectivity index is 2.87. The van der Waals surface area contributed by atoms with Crippen LogP contribution in [-0.2, 0) is 19.9 Å². The molecule has 2 nitrogen and oxygen atoms in total. The first-order valence-electron chi connectivity index (χ1n) is 3.50. The van der Waals surface area contributed by atoms with Crippen LogP contribution >= 0.6 is 0 Å². The Morgan fingerprint density at radius 3 is 2.91 bits per heavy atom. The Morgan fingerprint density at radius 2 is 2.45 bits per heavy atom. The van der Waals surface area contributed by atoms with Gasteiger partial charge in [-0.05, 0) is 24.0 Å². The Hall–Kier alpha value is -0.110. The van der Waals surface area contributed by atoms with E-state index in [0.717, 1.165) is 12.8 Å². The topological polar surface area (TPSA) is 20.3 Å². The molecule has 1 aliphatic heterocycles. The van der Waals surface area contributed by atoms with E-state index < -0.39 is 8.68 Å². The van der Waals surface area contributed by atoms with E-state index in [9.17, 15) is 4.21 Å². The summed E-state index contributed by atoms with van der Waals surface area (Å²) in [6, 6.07) is -0.0197. The van der Waals surface area contributed by atoms with Gasteiger partial charge in [0.2, 0.25) is 0 Å². The quantitative estimate of drug-likeness (QED) is 0.513. The van der Waals surface area contributed by atoms with Crippen molar-refractivity contribution in [3.05, 3.63) is 0 Å². The summed E-state index contributed by atoms with van der Waals surface area (Å²) in [5.74, 6) is 3.20. The lowest BCUT2D eigenvalue weighted by atomic mass is 10.2. The van der Waals surface area contributed by atoms with Gasteiger partial charge in [-0.25, -0.2) is 8.51 Å². The molecular formula is C7H11NOS2. The largest absolute Gasteiger partial charge is 0.241 e. The zero-order valence-electron chi connectivity index (χ0n) is 6.45. The Labute approximate surface area is 72.8 Å². The van der Waals surface area contributed by atoms with Gasteiger partial charge in [-0.15, -0.1) is 6.42 Å². The van der Waals surface area contributed by atoms with Crippen molar-refractivity contribution in [2.45, 2.75) is 18.9 Å². The molecule has 0 spiro atoms. The average Bonchev–Trinajstić information content (AvgIpc) is 1.95. The SMILES string of the molecule is C#CC1CCCS(=O)(=S)N1C. The zero-order chi connectivity index (χ0) is 8.48. The van der Waals surface area contributed by atoms with E-state index in [1.807, 2.05) is 0 Å². The normalized spacial score (nSPS) is 39.8. The van der Waals surface area contributed by atoms with Crippen molar-refractivity contribution in [2.24, 2.45) is 0 Å². The molecule has 0 N–H and O–H groups in total. The molecule has 0 aromatic heterocycles. The Kier molecular flexibility index (Phi) is 2.53. The number of rotatable bonds is 0. The first kappa shape index (κ1) is 8.98. The molecule has 1 aliphatic rings. The molecule has 1 saturated heterocycles. The summed E-state index contributed by atoms with van der Waals surface area (Å²) in [6.45, 7) is 0. The minimum atomic E-state index is -2.20. The van der Waals surface area contributed by atoms with Gasteiger partial charge in [-0.2, -0.15) is 0 Å². The van der Waals surface area contributed by atoms with Crippen LogP contribution < -0.4 is 0 Å². The second kappa shape index (κ2) is 3.10. The highest BCUT2D eigenvalue weighted by Crippen LogP contribution is 2.17. The number of terminal acetylenes is 1. The van der Waals surface area contributed by atoms with Crippen molar-refractivity contribution < 1.29 is 4.21 Å². The first-order chi connectivity index (χ1) is 5.08. The highest BCUT2D eigenvalue weighted by molar-refractivity contribution is 8.31. The maximum Gasteiger partial charge on any atom is 0.0931 e. The highest BCUT2D eigenvalue weighted by Gasteiger charge is 2.26. The van der Waals surface area contributed by atoms with Crippen LogP contribution in [0, 0.1) is 12.3 Å². The molecule has 11 heavy (non-hydrogen) atoms. The fourth-order valence-electron chi connectivity index (χ4n) is 1.17. The maximum atomic E-state index is 11.6.